The van der Waals surface area contributed by atoms with Crippen molar-refractivity contribution in [3.63, 3.8) is 0 Å². The fourth-order valence-electron chi connectivity index (χ4n) is 1.45. The molecule has 0 aromatic heterocycles. The number of aryl methyl sites for hydroxylation is 1. The van der Waals surface area contributed by atoms with Crippen LogP contribution >= 0.6 is 15.9 Å². The first-order valence-electron chi connectivity index (χ1n) is 5.79. The maximum atomic E-state index is 12.2. The highest BCUT2D eigenvalue weighted by atomic mass is 79.9. The van der Waals surface area contributed by atoms with Crippen molar-refractivity contribution in [2.75, 3.05) is 20.6 Å². The third kappa shape index (κ3) is 4.26. The molecule has 1 amide bonds. The lowest BCUT2D eigenvalue weighted by molar-refractivity contribution is -0.127. The first-order valence-corrected chi connectivity index (χ1v) is 8.07. The standard InChI is InChI=1S/C12H15BrN2O5S/c1-7-4-8(12(17)18)5-9(11(7)13)21(19,20)14-6-10(16)15(2)3/h4-5,14H,6H2,1-3H3,(H,17,18). The van der Waals surface area contributed by atoms with Gasteiger partial charge in [0.25, 0.3) is 0 Å². The SMILES string of the molecule is Cc1cc(C(=O)O)cc(S(=O)(=O)NCC(=O)N(C)C)c1Br. The summed E-state index contributed by atoms with van der Waals surface area (Å²) in [4.78, 5) is 23.5. The summed E-state index contributed by atoms with van der Waals surface area (Å²) in [7, 11) is -1.00. The van der Waals surface area contributed by atoms with Crippen LogP contribution in [0.3, 0.4) is 0 Å². The van der Waals surface area contributed by atoms with Gasteiger partial charge in [-0.15, -0.1) is 0 Å². The average Bonchev–Trinajstić information content (AvgIpc) is 2.38. The molecule has 2 N–H and O–H groups in total. The second kappa shape index (κ2) is 6.54. The zero-order valence-electron chi connectivity index (χ0n) is 11.7. The van der Waals surface area contributed by atoms with Crippen molar-refractivity contribution in [2.24, 2.45) is 0 Å². The highest BCUT2D eigenvalue weighted by Crippen LogP contribution is 2.27. The molecule has 0 spiro atoms. The Kier molecular flexibility index (Phi) is 5.48. The third-order valence-electron chi connectivity index (χ3n) is 2.67. The lowest BCUT2D eigenvalue weighted by atomic mass is 10.1. The molecule has 0 aliphatic heterocycles. The van der Waals surface area contributed by atoms with Crippen molar-refractivity contribution >= 4 is 37.8 Å². The molecule has 1 aromatic carbocycles. The Labute approximate surface area is 131 Å². The van der Waals surface area contributed by atoms with E-state index in [1.807, 2.05) is 0 Å². The van der Waals surface area contributed by atoms with Crippen molar-refractivity contribution in [1.82, 2.24) is 9.62 Å². The van der Waals surface area contributed by atoms with Gasteiger partial charge in [0.2, 0.25) is 15.9 Å². The van der Waals surface area contributed by atoms with E-state index >= 15 is 0 Å². The van der Waals surface area contributed by atoms with Crippen LogP contribution < -0.4 is 4.72 Å². The van der Waals surface area contributed by atoms with Gasteiger partial charge in [0, 0.05) is 18.6 Å². The number of carbonyl (C=O) groups excluding carboxylic acids is 1. The van der Waals surface area contributed by atoms with Crippen molar-refractivity contribution in [3.05, 3.63) is 27.7 Å². The van der Waals surface area contributed by atoms with E-state index in [4.69, 9.17) is 5.11 Å². The summed E-state index contributed by atoms with van der Waals surface area (Å²) in [5.41, 5.74) is 0.323. The van der Waals surface area contributed by atoms with Gasteiger partial charge in [-0.25, -0.2) is 17.9 Å². The van der Waals surface area contributed by atoms with Crippen LogP contribution in [0.25, 0.3) is 0 Å². The number of carboxylic acid groups (broad SMARTS) is 1. The highest BCUT2D eigenvalue weighted by molar-refractivity contribution is 9.10. The number of aromatic carboxylic acids is 1. The molecular weight excluding hydrogens is 364 g/mol. The Morgan fingerprint density at radius 1 is 1.33 bits per heavy atom. The predicted octanol–water partition coefficient (Wildman–Crippen LogP) is 0.822. The second-order valence-corrected chi connectivity index (χ2v) is 7.05. The molecule has 0 aliphatic rings. The van der Waals surface area contributed by atoms with E-state index in [0.29, 0.717) is 5.56 Å². The van der Waals surface area contributed by atoms with Crippen LogP contribution in [-0.4, -0.2) is 50.9 Å². The smallest absolute Gasteiger partial charge is 0.335 e. The summed E-state index contributed by atoms with van der Waals surface area (Å²) in [5.74, 6) is -1.65. The number of likely N-dealkylation sites (N-methyl/N-ethyl adjacent to an activating group) is 1. The van der Waals surface area contributed by atoms with Gasteiger partial charge >= 0.3 is 5.97 Å². The minimum atomic E-state index is -4.01. The lowest BCUT2D eigenvalue weighted by Gasteiger charge is -2.13. The van der Waals surface area contributed by atoms with Crippen molar-refractivity contribution < 1.29 is 23.1 Å². The largest absolute Gasteiger partial charge is 0.478 e. The molecule has 1 aromatic rings. The van der Waals surface area contributed by atoms with Crippen LogP contribution in [0.5, 0.6) is 0 Å². The van der Waals surface area contributed by atoms with Crippen LogP contribution in [0.15, 0.2) is 21.5 Å². The van der Waals surface area contributed by atoms with E-state index < -0.39 is 28.4 Å². The molecule has 0 radical (unpaired) electrons. The summed E-state index contributed by atoms with van der Waals surface area (Å²) in [6.07, 6.45) is 0. The Hall–Kier alpha value is -1.45. The third-order valence-corrected chi connectivity index (χ3v) is 5.41. The minimum Gasteiger partial charge on any atom is -0.478 e. The summed E-state index contributed by atoms with van der Waals surface area (Å²) >= 11 is 3.13. The van der Waals surface area contributed by atoms with E-state index in [0.717, 1.165) is 6.07 Å². The highest BCUT2D eigenvalue weighted by Gasteiger charge is 2.22. The topological polar surface area (TPSA) is 104 Å². The van der Waals surface area contributed by atoms with Crippen molar-refractivity contribution in [3.8, 4) is 0 Å². The minimum absolute atomic E-state index is 0.144. The monoisotopic (exact) mass is 378 g/mol. The molecular formula is C12H15BrN2O5S. The molecule has 0 fully saturated rings. The van der Waals surface area contributed by atoms with Gasteiger partial charge in [0.15, 0.2) is 0 Å². The number of rotatable bonds is 5. The van der Waals surface area contributed by atoms with E-state index in [2.05, 4.69) is 20.7 Å². The van der Waals surface area contributed by atoms with Gasteiger partial charge in [-0.05, 0) is 40.5 Å². The molecule has 7 nitrogen and oxygen atoms in total. The number of amides is 1. The number of hydrogen-bond donors (Lipinski definition) is 2. The predicted molar refractivity (Wildman–Crippen MR) is 79.7 cm³/mol. The molecule has 21 heavy (non-hydrogen) atoms. The molecule has 1 rings (SSSR count). The van der Waals surface area contributed by atoms with Gasteiger partial charge < -0.3 is 10.0 Å². The Balaban J connectivity index is 3.19. The van der Waals surface area contributed by atoms with Crippen LogP contribution in [0.1, 0.15) is 15.9 Å². The molecule has 0 saturated carbocycles. The fraction of sp³-hybridized carbons (Fsp3) is 0.333. The van der Waals surface area contributed by atoms with E-state index in [9.17, 15) is 18.0 Å². The number of carboxylic acids is 1. The fourth-order valence-corrected chi connectivity index (χ4v) is 3.47. The van der Waals surface area contributed by atoms with Crippen molar-refractivity contribution in [2.45, 2.75) is 11.8 Å². The molecule has 116 valence electrons. The Bertz CT molecular complexity index is 685. The summed E-state index contributed by atoms with van der Waals surface area (Å²) < 4.78 is 26.8. The lowest BCUT2D eigenvalue weighted by Crippen LogP contribution is -2.36. The molecule has 0 atom stereocenters. The van der Waals surface area contributed by atoms with Crippen LogP contribution in [0.4, 0.5) is 0 Å². The van der Waals surface area contributed by atoms with Gasteiger partial charge in [0.1, 0.15) is 0 Å². The Morgan fingerprint density at radius 3 is 2.38 bits per heavy atom. The number of nitrogens with zero attached hydrogens (tertiary/aromatic N) is 1. The maximum absolute atomic E-state index is 12.2. The first-order chi connectivity index (χ1) is 9.56. The van der Waals surface area contributed by atoms with Gasteiger partial charge in [-0.1, -0.05) is 0 Å². The second-order valence-electron chi connectivity index (χ2n) is 4.52. The summed E-state index contributed by atoms with van der Waals surface area (Å²) in [5, 5.41) is 8.99. The zero-order chi connectivity index (χ0) is 16.4. The van der Waals surface area contributed by atoms with Crippen molar-refractivity contribution in [1.29, 1.82) is 0 Å². The molecule has 0 aliphatic carbocycles. The van der Waals surface area contributed by atoms with E-state index in [-0.39, 0.29) is 14.9 Å². The van der Waals surface area contributed by atoms with Gasteiger partial charge in [0.05, 0.1) is 17.0 Å². The Morgan fingerprint density at radius 2 is 1.90 bits per heavy atom. The quantitative estimate of drug-likeness (QED) is 0.789. The first kappa shape index (κ1) is 17.6. The van der Waals surface area contributed by atoms with Crippen LogP contribution in [0, 0.1) is 6.92 Å². The molecule has 0 heterocycles. The van der Waals surface area contributed by atoms with E-state index in [1.165, 1.54) is 25.1 Å². The summed E-state index contributed by atoms with van der Waals surface area (Å²) in [6, 6.07) is 2.40. The molecule has 0 bridgehead atoms. The molecule has 9 heteroatoms. The number of carbonyl (C=O) groups is 2. The van der Waals surface area contributed by atoms with Gasteiger partial charge in [-0.3, -0.25) is 4.79 Å². The van der Waals surface area contributed by atoms with Crippen LogP contribution in [0.2, 0.25) is 0 Å². The maximum Gasteiger partial charge on any atom is 0.335 e. The molecule has 0 unspecified atom stereocenters. The number of sulfonamides is 1. The van der Waals surface area contributed by atoms with Crippen LogP contribution in [-0.2, 0) is 14.8 Å². The zero-order valence-corrected chi connectivity index (χ0v) is 14.1. The number of hydrogen-bond acceptors (Lipinski definition) is 4. The number of benzene rings is 1. The van der Waals surface area contributed by atoms with E-state index in [1.54, 1.807) is 6.92 Å². The van der Waals surface area contributed by atoms with Gasteiger partial charge in [-0.2, -0.15) is 0 Å². The normalized spacial score (nSPS) is 11.2. The average molecular weight is 379 g/mol. The summed E-state index contributed by atoms with van der Waals surface area (Å²) in [6.45, 7) is 1.18. The number of halogens is 1. The molecule has 0 saturated heterocycles. The number of nitrogens with one attached hydrogen (secondary N) is 1.